The second kappa shape index (κ2) is 8.90. The molecule has 0 aliphatic carbocycles. The molecular formula is C27H24FNO4. The smallest absolute Gasteiger partial charge is 0.300 e. The Bertz CT molecular complexity index is 1260. The quantitative estimate of drug-likeness (QED) is 0.321. The molecule has 1 N–H and O–H groups in total. The number of rotatable bonds is 5. The van der Waals surface area contributed by atoms with Crippen LogP contribution in [-0.2, 0) is 9.59 Å². The summed E-state index contributed by atoms with van der Waals surface area (Å²) < 4.78 is 20.5. The molecule has 1 aliphatic rings. The van der Waals surface area contributed by atoms with E-state index < -0.39 is 23.5 Å². The van der Waals surface area contributed by atoms with Gasteiger partial charge >= 0.3 is 0 Å². The molecule has 0 spiro atoms. The number of halogens is 1. The number of nitrogens with zero attached hydrogens (tertiary/aromatic N) is 1. The number of ether oxygens (including phenoxy) is 1. The molecule has 0 aromatic heterocycles. The van der Waals surface area contributed by atoms with Crippen LogP contribution in [0.4, 0.5) is 10.1 Å². The summed E-state index contributed by atoms with van der Waals surface area (Å²) in [6.45, 7) is 6.08. The van der Waals surface area contributed by atoms with Crippen molar-refractivity contribution in [1.82, 2.24) is 0 Å². The number of aliphatic hydroxyl groups is 1. The van der Waals surface area contributed by atoms with E-state index in [1.165, 1.54) is 23.1 Å². The lowest BCUT2D eigenvalue weighted by molar-refractivity contribution is -0.132. The number of Topliss-reactive ketones (excluding diaryl/α,β-unsaturated/α-hetero) is 1. The average Bonchev–Trinajstić information content (AvgIpc) is 3.06. The van der Waals surface area contributed by atoms with Gasteiger partial charge in [0, 0.05) is 16.8 Å². The molecule has 0 radical (unpaired) electrons. The van der Waals surface area contributed by atoms with Crippen LogP contribution in [0.25, 0.3) is 5.76 Å². The van der Waals surface area contributed by atoms with E-state index in [1.54, 1.807) is 36.4 Å². The third-order valence-corrected chi connectivity index (χ3v) is 5.70. The number of ketones is 1. The van der Waals surface area contributed by atoms with Crippen LogP contribution in [0.5, 0.6) is 5.75 Å². The molecule has 1 atom stereocenters. The maximum Gasteiger partial charge on any atom is 0.300 e. The van der Waals surface area contributed by atoms with E-state index in [9.17, 15) is 19.1 Å². The van der Waals surface area contributed by atoms with Crippen molar-refractivity contribution < 1.29 is 23.8 Å². The van der Waals surface area contributed by atoms with Crippen LogP contribution in [0.2, 0.25) is 0 Å². The van der Waals surface area contributed by atoms with Gasteiger partial charge < -0.3 is 9.84 Å². The van der Waals surface area contributed by atoms with Crippen molar-refractivity contribution in [2.45, 2.75) is 26.8 Å². The Labute approximate surface area is 191 Å². The van der Waals surface area contributed by atoms with Gasteiger partial charge in [0.05, 0.1) is 18.2 Å². The highest BCUT2D eigenvalue weighted by molar-refractivity contribution is 6.51. The molecule has 33 heavy (non-hydrogen) atoms. The minimum Gasteiger partial charge on any atom is -0.507 e. The Balaban J connectivity index is 1.93. The second-order valence-electron chi connectivity index (χ2n) is 7.94. The molecule has 3 aromatic rings. The predicted octanol–water partition coefficient (Wildman–Crippen LogP) is 5.47. The van der Waals surface area contributed by atoms with Gasteiger partial charge in [-0.05, 0) is 62.7 Å². The van der Waals surface area contributed by atoms with E-state index in [-0.39, 0.29) is 16.9 Å². The Morgan fingerprint density at radius 1 is 1.03 bits per heavy atom. The number of anilines is 1. The van der Waals surface area contributed by atoms with Gasteiger partial charge in [0.15, 0.2) is 0 Å². The summed E-state index contributed by atoms with van der Waals surface area (Å²) in [6.07, 6.45) is 0. The third kappa shape index (κ3) is 4.00. The van der Waals surface area contributed by atoms with E-state index in [0.29, 0.717) is 23.6 Å². The number of carbonyl (C=O) groups excluding carboxylic acids is 2. The van der Waals surface area contributed by atoms with E-state index in [0.717, 1.165) is 11.1 Å². The number of aryl methyl sites for hydroxylation is 2. The minimum absolute atomic E-state index is 0.126. The lowest BCUT2D eigenvalue weighted by Gasteiger charge is -2.26. The van der Waals surface area contributed by atoms with Crippen LogP contribution < -0.4 is 9.64 Å². The number of hydrogen-bond donors (Lipinski definition) is 1. The van der Waals surface area contributed by atoms with E-state index in [1.807, 2.05) is 32.9 Å². The Hall–Kier alpha value is -3.93. The molecule has 1 aliphatic heterocycles. The monoisotopic (exact) mass is 445 g/mol. The van der Waals surface area contributed by atoms with Gasteiger partial charge in [0.2, 0.25) is 0 Å². The van der Waals surface area contributed by atoms with Gasteiger partial charge in [-0.2, -0.15) is 0 Å². The summed E-state index contributed by atoms with van der Waals surface area (Å²) in [5.74, 6) is -1.97. The first-order valence-electron chi connectivity index (χ1n) is 10.7. The Morgan fingerprint density at radius 3 is 2.36 bits per heavy atom. The summed E-state index contributed by atoms with van der Waals surface area (Å²) in [7, 11) is 0. The molecule has 1 heterocycles. The summed E-state index contributed by atoms with van der Waals surface area (Å²) in [4.78, 5) is 27.5. The average molecular weight is 445 g/mol. The molecule has 0 saturated carbocycles. The maximum absolute atomic E-state index is 14.9. The molecule has 1 unspecified atom stereocenters. The standard InChI is InChI=1S/C27H24FNO4/c1-4-33-22-14-11-18(15-17(22)3)25(30)23-24(20-7-5-6-8-21(20)28)29(27(32)26(23)31)19-12-9-16(2)10-13-19/h5-15,24,30H,4H2,1-3H3/b25-23+. The van der Waals surface area contributed by atoms with Crippen molar-refractivity contribution in [1.29, 1.82) is 0 Å². The molecule has 4 rings (SSSR count). The van der Waals surface area contributed by atoms with Crippen LogP contribution >= 0.6 is 0 Å². The van der Waals surface area contributed by atoms with Crippen molar-refractivity contribution in [2.75, 3.05) is 11.5 Å². The molecule has 1 saturated heterocycles. The zero-order chi connectivity index (χ0) is 23.7. The van der Waals surface area contributed by atoms with Crippen molar-refractivity contribution in [3.8, 4) is 5.75 Å². The number of carbonyl (C=O) groups is 2. The van der Waals surface area contributed by atoms with Gasteiger partial charge in [0.25, 0.3) is 11.7 Å². The van der Waals surface area contributed by atoms with Gasteiger partial charge in [-0.25, -0.2) is 4.39 Å². The van der Waals surface area contributed by atoms with Crippen LogP contribution in [0.3, 0.4) is 0 Å². The third-order valence-electron chi connectivity index (χ3n) is 5.70. The van der Waals surface area contributed by atoms with Gasteiger partial charge in [-0.1, -0.05) is 35.9 Å². The highest BCUT2D eigenvalue weighted by atomic mass is 19.1. The van der Waals surface area contributed by atoms with Crippen molar-refractivity contribution in [3.05, 3.63) is 100 Å². The summed E-state index contributed by atoms with van der Waals surface area (Å²) in [5, 5.41) is 11.2. The molecule has 3 aromatic carbocycles. The maximum atomic E-state index is 14.9. The zero-order valence-electron chi connectivity index (χ0n) is 18.6. The highest BCUT2D eigenvalue weighted by Gasteiger charge is 2.47. The SMILES string of the molecule is CCOc1ccc(/C(O)=C2\C(=O)C(=O)N(c3ccc(C)cc3)C2c2ccccc2F)cc1C. The molecule has 168 valence electrons. The van der Waals surface area contributed by atoms with E-state index >= 15 is 0 Å². The number of amides is 1. The van der Waals surface area contributed by atoms with Gasteiger partial charge in [-0.15, -0.1) is 0 Å². The lowest BCUT2D eigenvalue weighted by Crippen LogP contribution is -2.29. The summed E-state index contributed by atoms with van der Waals surface area (Å²) in [6, 6.07) is 16.9. The second-order valence-corrected chi connectivity index (χ2v) is 7.94. The van der Waals surface area contributed by atoms with Crippen LogP contribution in [0.15, 0.2) is 72.3 Å². The van der Waals surface area contributed by atoms with Crippen molar-refractivity contribution >= 4 is 23.1 Å². The molecule has 5 nitrogen and oxygen atoms in total. The molecule has 6 heteroatoms. The fraction of sp³-hybridized carbons (Fsp3) is 0.185. The number of aliphatic hydroxyl groups excluding tert-OH is 1. The van der Waals surface area contributed by atoms with Crippen LogP contribution in [0.1, 0.15) is 35.2 Å². The number of benzene rings is 3. The number of hydrogen-bond acceptors (Lipinski definition) is 4. The first-order valence-corrected chi connectivity index (χ1v) is 10.7. The largest absolute Gasteiger partial charge is 0.507 e. The van der Waals surface area contributed by atoms with E-state index in [4.69, 9.17) is 4.74 Å². The Morgan fingerprint density at radius 2 is 1.73 bits per heavy atom. The summed E-state index contributed by atoms with van der Waals surface area (Å²) >= 11 is 0. The Kier molecular flexibility index (Phi) is 6.01. The minimum atomic E-state index is -1.11. The zero-order valence-corrected chi connectivity index (χ0v) is 18.6. The van der Waals surface area contributed by atoms with Crippen LogP contribution in [0, 0.1) is 19.7 Å². The van der Waals surface area contributed by atoms with Crippen molar-refractivity contribution in [2.24, 2.45) is 0 Å². The normalized spacial score (nSPS) is 17.5. The lowest BCUT2D eigenvalue weighted by atomic mass is 9.94. The van der Waals surface area contributed by atoms with E-state index in [2.05, 4.69) is 0 Å². The molecule has 1 amide bonds. The first-order chi connectivity index (χ1) is 15.8. The molecule has 1 fully saturated rings. The fourth-order valence-electron chi connectivity index (χ4n) is 4.06. The first kappa shape index (κ1) is 22.3. The molecule has 0 bridgehead atoms. The van der Waals surface area contributed by atoms with Crippen molar-refractivity contribution in [3.63, 3.8) is 0 Å². The topological polar surface area (TPSA) is 66.8 Å². The predicted molar refractivity (Wildman–Crippen MR) is 125 cm³/mol. The fourth-order valence-corrected chi connectivity index (χ4v) is 4.06. The summed E-state index contributed by atoms with van der Waals surface area (Å²) in [5.41, 5.74) is 2.49. The van der Waals surface area contributed by atoms with Gasteiger partial charge in [-0.3, -0.25) is 14.5 Å². The highest BCUT2D eigenvalue weighted by Crippen LogP contribution is 2.43. The molecular weight excluding hydrogens is 421 g/mol. The van der Waals surface area contributed by atoms with Gasteiger partial charge in [0.1, 0.15) is 17.3 Å². The van der Waals surface area contributed by atoms with Crippen LogP contribution in [-0.4, -0.2) is 23.4 Å².